The number of allylic oxidation sites excluding steroid dienone is 2. The number of aliphatic hydroxyl groups is 2. The summed E-state index contributed by atoms with van der Waals surface area (Å²) >= 11 is 0. The Morgan fingerprint density at radius 3 is 2.68 bits per heavy atom. The lowest BCUT2D eigenvalue weighted by molar-refractivity contribution is -0.143. The van der Waals surface area contributed by atoms with Crippen molar-refractivity contribution in [2.45, 2.75) is 90.3 Å². The van der Waals surface area contributed by atoms with Crippen molar-refractivity contribution < 1.29 is 24.5 Å². The zero-order chi connectivity index (χ0) is 21.0. The van der Waals surface area contributed by atoms with E-state index in [9.17, 15) is 19.8 Å². The second-order valence-electron chi connectivity index (χ2n) is 8.06. The van der Waals surface area contributed by atoms with Gasteiger partial charge in [-0.15, -0.1) is 0 Å². The minimum atomic E-state index is -0.742. The van der Waals surface area contributed by atoms with E-state index in [0.29, 0.717) is 25.9 Å². The summed E-state index contributed by atoms with van der Waals surface area (Å²) < 4.78 is 4.89. The number of ether oxygens (including phenoxy) is 1. The van der Waals surface area contributed by atoms with E-state index in [1.807, 2.05) is 31.2 Å². The van der Waals surface area contributed by atoms with Gasteiger partial charge in [-0.05, 0) is 46.0 Å². The van der Waals surface area contributed by atoms with Gasteiger partial charge in [-0.3, -0.25) is 9.59 Å². The minimum absolute atomic E-state index is 0.0936. The van der Waals surface area contributed by atoms with Gasteiger partial charge in [0.2, 0.25) is 0 Å². The van der Waals surface area contributed by atoms with Crippen LogP contribution in [0.25, 0.3) is 0 Å². The second-order valence-corrected chi connectivity index (χ2v) is 8.06. The first-order valence-electron chi connectivity index (χ1n) is 10.7. The Labute approximate surface area is 169 Å². The third-order valence-corrected chi connectivity index (χ3v) is 5.33. The van der Waals surface area contributed by atoms with Gasteiger partial charge < -0.3 is 14.9 Å². The summed E-state index contributed by atoms with van der Waals surface area (Å²) in [5, 5.41) is 20.6. The molecule has 5 nitrogen and oxygen atoms in total. The van der Waals surface area contributed by atoms with E-state index >= 15 is 0 Å². The predicted octanol–water partition coefficient (Wildman–Crippen LogP) is 4.12. The second kappa shape index (κ2) is 12.9. The third-order valence-electron chi connectivity index (χ3n) is 5.33. The maximum absolute atomic E-state index is 12.2. The number of ketones is 1. The van der Waals surface area contributed by atoms with Crippen molar-refractivity contribution >= 4 is 11.8 Å². The van der Waals surface area contributed by atoms with Crippen molar-refractivity contribution in [2.24, 2.45) is 11.8 Å². The van der Waals surface area contributed by atoms with Crippen molar-refractivity contribution in [3.63, 3.8) is 0 Å². The fourth-order valence-electron chi connectivity index (χ4n) is 3.62. The standard InChI is InChI=1S/C23H38O5/c1-4-6-15-23(3,27)16-11-13-19-18(20(24)17-21(19)25)12-9-7-8-10-14-22(26)28-5-2/h7,9,11,13,18-19,21,25,27H,4-6,8,10,12,14-17H2,1-3H3/b9-7-,13-11+/t18-,19-,21-,23?/m1/s1. The van der Waals surface area contributed by atoms with E-state index in [1.54, 1.807) is 6.92 Å². The average Bonchev–Trinajstić information content (AvgIpc) is 2.89. The summed E-state index contributed by atoms with van der Waals surface area (Å²) in [6, 6.07) is 0. The van der Waals surface area contributed by atoms with Gasteiger partial charge >= 0.3 is 5.97 Å². The molecule has 1 aliphatic rings. The van der Waals surface area contributed by atoms with Crippen molar-refractivity contribution in [1.82, 2.24) is 0 Å². The number of carbonyl (C=O) groups excluding carboxylic acids is 2. The Bertz CT molecular complexity index is 535. The SMILES string of the molecule is CCCCC(C)(O)C/C=C/[C@H]1[C@H](O)CC(=O)[C@@H]1C/C=C\CCCC(=O)OCC. The van der Waals surface area contributed by atoms with Gasteiger partial charge in [-0.2, -0.15) is 0 Å². The Kier molecular flexibility index (Phi) is 11.3. The summed E-state index contributed by atoms with van der Waals surface area (Å²) in [4.78, 5) is 23.5. The smallest absolute Gasteiger partial charge is 0.305 e. The Morgan fingerprint density at radius 1 is 1.25 bits per heavy atom. The van der Waals surface area contributed by atoms with E-state index in [-0.39, 0.29) is 30.0 Å². The zero-order valence-electron chi connectivity index (χ0n) is 17.7. The Morgan fingerprint density at radius 2 is 2.00 bits per heavy atom. The van der Waals surface area contributed by atoms with Crippen molar-refractivity contribution in [2.75, 3.05) is 6.61 Å². The normalized spacial score (nSPS) is 24.9. The molecule has 0 aromatic rings. The van der Waals surface area contributed by atoms with Gasteiger partial charge in [0.25, 0.3) is 0 Å². The molecule has 0 aromatic carbocycles. The Balaban J connectivity index is 2.48. The van der Waals surface area contributed by atoms with Gasteiger partial charge in [0.1, 0.15) is 5.78 Å². The molecule has 0 saturated heterocycles. The lowest BCUT2D eigenvalue weighted by atomic mass is 9.89. The average molecular weight is 395 g/mol. The van der Waals surface area contributed by atoms with Gasteiger partial charge in [0.05, 0.1) is 18.3 Å². The van der Waals surface area contributed by atoms with Crippen LogP contribution in [0.15, 0.2) is 24.3 Å². The Hall–Kier alpha value is -1.46. The van der Waals surface area contributed by atoms with E-state index in [1.165, 1.54) is 0 Å². The largest absolute Gasteiger partial charge is 0.466 e. The van der Waals surface area contributed by atoms with Gasteiger partial charge in [0, 0.05) is 24.7 Å². The summed E-state index contributed by atoms with van der Waals surface area (Å²) in [5.74, 6) is -0.493. The molecule has 0 aromatic heterocycles. The number of unbranched alkanes of at least 4 members (excludes halogenated alkanes) is 2. The van der Waals surface area contributed by atoms with Gasteiger partial charge in [-0.25, -0.2) is 0 Å². The number of esters is 1. The molecule has 1 fully saturated rings. The van der Waals surface area contributed by atoms with Crippen molar-refractivity contribution in [1.29, 1.82) is 0 Å². The van der Waals surface area contributed by atoms with E-state index in [4.69, 9.17) is 4.74 Å². The van der Waals surface area contributed by atoms with Crippen LogP contribution in [0.5, 0.6) is 0 Å². The molecule has 5 heteroatoms. The first-order valence-corrected chi connectivity index (χ1v) is 10.7. The van der Waals surface area contributed by atoms with Crippen LogP contribution < -0.4 is 0 Å². The van der Waals surface area contributed by atoms with Gasteiger partial charge in [0.15, 0.2) is 0 Å². The van der Waals surface area contributed by atoms with Crippen LogP contribution in [0.2, 0.25) is 0 Å². The van der Waals surface area contributed by atoms with Crippen LogP contribution in [-0.2, 0) is 14.3 Å². The molecule has 0 aliphatic heterocycles. The van der Waals surface area contributed by atoms with Crippen LogP contribution >= 0.6 is 0 Å². The first-order chi connectivity index (χ1) is 13.3. The number of aliphatic hydroxyl groups excluding tert-OH is 1. The molecule has 28 heavy (non-hydrogen) atoms. The highest BCUT2D eigenvalue weighted by atomic mass is 16.5. The number of Topliss-reactive ketones (excluding diaryl/α,β-unsaturated/α-hetero) is 1. The fraction of sp³-hybridized carbons (Fsp3) is 0.739. The predicted molar refractivity (Wildman–Crippen MR) is 111 cm³/mol. The van der Waals surface area contributed by atoms with Gasteiger partial charge in [-0.1, -0.05) is 44.1 Å². The van der Waals surface area contributed by atoms with Crippen molar-refractivity contribution in [3.8, 4) is 0 Å². The molecular weight excluding hydrogens is 356 g/mol. The monoisotopic (exact) mass is 394 g/mol. The fourth-order valence-corrected chi connectivity index (χ4v) is 3.62. The van der Waals surface area contributed by atoms with Crippen LogP contribution in [0.1, 0.15) is 78.6 Å². The third kappa shape index (κ3) is 9.16. The zero-order valence-corrected chi connectivity index (χ0v) is 17.7. The molecule has 0 spiro atoms. The lowest BCUT2D eigenvalue weighted by Gasteiger charge is -2.22. The van der Waals surface area contributed by atoms with E-state index in [0.717, 1.165) is 32.1 Å². The minimum Gasteiger partial charge on any atom is -0.466 e. The molecular formula is C23H38O5. The first kappa shape index (κ1) is 24.6. The summed E-state index contributed by atoms with van der Waals surface area (Å²) in [7, 11) is 0. The van der Waals surface area contributed by atoms with E-state index < -0.39 is 11.7 Å². The number of hydrogen-bond donors (Lipinski definition) is 2. The molecule has 4 atom stereocenters. The quantitative estimate of drug-likeness (QED) is 0.279. The summed E-state index contributed by atoms with van der Waals surface area (Å²) in [6.07, 6.45) is 13.1. The molecule has 1 saturated carbocycles. The molecule has 1 aliphatic carbocycles. The summed E-state index contributed by atoms with van der Waals surface area (Å²) in [6.45, 7) is 6.13. The van der Waals surface area contributed by atoms with Crippen molar-refractivity contribution in [3.05, 3.63) is 24.3 Å². The highest BCUT2D eigenvalue weighted by molar-refractivity contribution is 5.84. The summed E-state index contributed by atoms with van der Waals surface area (Å²) in [5.41, 5.74) is -0.742. The van der Waals surface area contributed by atoms with E-state index in [2.05, 4.69) is 6.92 Å². The number of hydrogen-bond acceptors (Lipinski definition) is 5. The maximum Gasteiger partial charge on any atom is 0.305 e. The lowest BCUT2D eigenvalue weighted by Crippen LogP contribution is -2.23. The molecule has 0 amide bonds. The highest BCUT2D eigenvalue weighted by Gasteiger charge is 2.39. The highest BCUT2D eigenvalue weighted by Crippen LogP contribution is 2.33. The number of rotatable bonds is 13. The van der Waals surface area contributed by atoms with Crippen LogP contribution in [0.3, 0.4) is 0 Å². The van der Waals surface area contributed by atoms with Crippen LogP contribution in [0.4, 0.5) is 0 Å². The molecule has 0 bridgehead atoms. The van der Waals surface area contributed by atoms with Crippen LogP contribution in [-0.4, -0.2) is 40.3 Å². The molecule has 1 unspecified atom stereocenters. The molecule has 0 radical (unpaired) electrons. The maximum atomic E-state index is 12.2. The molecule has 1 rings (SSSR count). The molecule has 2 N–H and O–H groups in total. The van der Waals surface area contributed by atoms with Crippen LogP contribution in [0, 0.1) is 11.8 Å². The molecule has 0 heterocycles. The number of carbonyl (C=O) groups is 2. The molecule has 160 valence electrons. The topological polar surface area (TPSA) is 83.8 Å².